The van der Waals surface area contributed by atoms with E-state index in [2.05, 4.69) is 24.5 Å². The lowest BCUT2D eigenvalue weighted by Crippen LogP contribution is -2.52. The van der Waals surface area contributed by atoms with Crippen LogP contribution in [-0.2, 0) is 0 Å². The minimum atomic E-state index is -0.183. The van der Waals surface area contributed by atoms with Gasteiger partial charge in [0.25, 0.3) is 5.91 Å². The average Bonchev–Trinajstić information content (AvgIpc) is 2.73. The maximum atomic E-state index is 11.9. The van der Waals surface area contributed by atoms with E-state index in [-0.39, 0.29) is 16.5 Å². The second-order valence-electron chi connectivity index (χ2n) is 5.42. The molecule has 1 unspecified atom stereocenters. The summed E-state index contributed by atoms with van der Waals surface area (Å²) in [5.41, 5.74) is 0.594. The third-order valence-electron chi connectivity index (χ3n) is 3.66. The van der Waals surface area contributed by atoms with Crippen molar-refractivity contribution < 1.29 is 9.21 Å². The number of furan rings is 1. The Morgan fingerprint density at radius 3 is 3.06 bits per heavy atom. The van der Waals surface area contributed by atoms with Gasteiger partial charge in [0.1, 0.15) is 0 Å². The molecule has 1 amide bonds. The number of piperidine rings is 1. The van der Waals surface area contributed by atoms with Crippen LogP contribution in [0, 0.1) is 5.41 Å². The Kier molecular flexibility index (Phi) is 3.97. The summed E-state index contributed by atoms with van der Waals surface area (Å²) in [5, 5.41) is 6.50. The van der Waals surface area contributed by atoms with Crippen LogP contribution < -0.4 is 10.6 Å². The fraction of sp³-hybridized carbons (Fsp3) is 0.615. The fourth-order valence-electron chi connectivity index (χ4n) is 2.37. The molecule has 0 bridgehead atoms. The Hall–Kier alpha value is -1.00. The van der Waals surface area contributed by atoms with Gasteiger partial charge in [-0.15, -0.1) is 0 Å². The van der Waals surface area contributed by atoms with E-state index < -0.39 is 0 Å². The summed E-state index contributed by atoms with van der Waals surface area (Å²) < 4.78 is 4.91. The SMILES string of the molecule is CC1(C)CCCNC1CNC(=O)c1ccoc1Cl. The molecule has 0 radical (unpaired) electrons. The van der Waals surface area contributed by atoms with Crippen LogP contribution in [0.4, 0.5) is 0 Å². The van der Waals surface area contributed by atoms with Gasteiger partial charge in [0.2, 0.25) is 5.22 Å². The first kappa shape index (κ1) is 13.4. The minimum Gasteiger partial charge on any atom is -0.452 e. The third-order valence-corrected chi connectivity index (χ3v) is 3.95. The molecule has 1 atom stereocenters. The Labute approximate surface area is 112 Å². The van der Waals surface area contributed by atoms with Crippen molar-refractivity contribution in [1.29, 1.82) is 0 Å². The van der Waals surface area contributed by atoms with Crippen LogP contribution in [0.2, 0.25) is 5.22 Å². The maximum Gasteiger partial charge on any atom is 0.256 e. The van der Waals surface area contributed by atoms with Crippen molar-refractivity contribution in [3.8, 4) is 0 Å². The molecule has 5 heteroatoms. The van der Waals surface area contributed by atoms with E-state index in [4.69, 9.17) is 16.0 Å². The number of carbonyl (C=O) groups excluding carboxylic acids is 1. The zero-order valence-electron chi connectivity index (χ0n) is 10.8. The van der Waals surface area contributed by atoms with Crippen molar-refractivity contribution in [3.63, 3.8) is 0 Å². The molecule has 0 spiro atoms. The quantitative estimate of drug-likeness (QED) is 0.887. The van der Waals surface area contributed by atoms with Gasteiger partial charge < -0.3 is 15.1 Å². The highest BCUT2D eigenvalue weighted by Crippen LogP contribution is 2.29. The molecule has 1 fully saturated rings. The Bertz CT molecular complexity index is 428. The summed E-state index contributed by atoms with van der Waals surface area (Å²) in [6.07, 6.45) is 3.78. The number of carbonyl (C=O) groups is 1. The molecular weight excluding hydrogens is 252 g/mol. The lowest BCUT2D eigenvalue weighted by Gasteiger charge is -2.39. The van der Waals surface area contributed by atoms with E-state index >= 15 is 0 Å². The van der Waals surface area contributed by atoms with Crippen molar-refractivity contribution in [3.05, 3.63) is 23.1 Å². The topological polar surface area (TPSA) is 54.3 Å². The van der Waals surface area contributed by atoms with Gasteiger partial charge in [0.05, 0.1) is 11.8 Å². The predicted molar refractivity (Wildman–Crippen MR) is 70.9 cm³/mol. The Balaban J connectivity index is 1.91. The first-order valence-corrected chi connectivity index (χ1v) is 6.63. The molecule has 1 aliphatic heterocycles. The van der Waals surface area contributed by atoms with Crippen molar-refractivity contribution in [2.75, 3.05) is 13.1 Å². The van der Waals surface area contributed by atoms with E-state index in [1.807, 2.05) is 0 Å². The average molecular weight is 271 g/mol. The minimum absolute atomic E-state index is 0.142. The lowest BCUT2D eigenvalue weighted by atomic mass is 9.77. The van der Waals surface area contributed by atoms with Crippen LogP contribution in [0.1, 0.15) is 37.0 Å². The van der Waals surface area contributed by atoms with Crippen LogP contribution >= 0.6 is 11.6 Å². The van der Waals surface area contributed by atoms with Gasteiger partial charge in [-0.05, 0) is 42.5 Å². The van der Waals surface area contributed by atoms with Gasteiger partial charge in [-0.2, -0.15) is 0 Å². The normalized spacial score (nSPS) is 22.7. The number of halogens is 1. The highest BCUT2D eigenvalue weighted by molar-refractivity contribution is 6.32. The molecule has 1 aliphatic rings. The summed E-state index contributed by atoms with van der Waals surface area (Å²) >= 11 is 5.77. The molecule has 2 heterocycles. The Morgan fingerprint density at radius 2 is 2.44 bits per heavy atom. The number of hydrogen-bond donors (Lipinski definition) is 2. The molecule has 2 rings (SSSR count). The van der Waals surface area contributed by atoms with Crippen molar-refractivity contribution >= 4 is 17.5 Å². The Morgan fingerprint density at radius 1 is 1.67 bits per heavy atom. The molecule has 0 saturated carbocycles. The van der Waals surface area contributed by atoms with E-state index in [0.29, 0.717) is 18.2 Å². The summed E-state index contributed by atoms with van der Waals surface area (Å²) in [6.45, 7) is 6.06. The third kappa shape index (κ3) is 2.87. The van der Waals surface area contributed by atoms with Crippen LogP contribution in [0.15, 0.2) is 16.7 Å². The van der Waals surface area contributed by atoms with E-state index in [1.54, 1.807) is 6.07 Å². The number of hydrogen-bond acceptors (Lipinski definition) is 3. The molecule has 1 aromatic rings. The fourth-order valence-corrected chi connectivity index (χ4v) is 2.57. The molecule has 2 N–H and O–H groups in total. The molecule has 1 aromatic heterocycles. The zero-order valence-corrected chi connectivity index (χ0v) is 11.5. The predicted octanol–water partition coefficient (Wildman–Crippen LogP) is 2.44. The highest BCUT2D eigenvalue weighted by atomic mass is 35.5. The van der Waals surface area contributed by atoms with Gasteiger partial charge in [0.15, 0.2) is 0 Å². The molecule has 0 aliphatic carbocycles. The standard InChI is InChI=1S/C13H19ClN2O2/c1-13(2)5-3-6-15-10(13)8-16-12(17)9-4-7-18-11(9)14/h4,7,10,15H,3,5-6,8H2,1-2H3,(H,16,17). The van der Waals surface area contributed by atoms with Crippen molar-refractivity contribution in [2.45, 2.75) is 32.7 Å². The van der Waals surface area contributed by atoms with E-state index in [1.165, 1.54) is 19.1 Å². The summed E-state index contributed by atoms with van der Waals surface area (Å²) in [6, 6.07) is 1.87. The first-order valence-electron chi connectivity index (χ1n) is 6.25. The lowest BCUT2D eigenvalue weighted by molar-refractivity contribution is 0.0928. The van der Waals surface area contributed by atoms with Gasteiger partial charge in [-0.1, -0.05) is 13.8 Å². The van der Waals surface area contributed by atoms with Crippen LogP contribution in [0.5, 0.6) is 0 Å². The molecule has 1 saturated heterocycles. The smallest absolute Gasteiger partial charge is 0.256 e. The second-order valence-corrected chi connectivity index (χ2v) is 5.76. The molecule has 18 heavy (non-hydrogen) atoms. The van der Waals surface area contributed by atoms with Gasteiger partial charge in [-0.25, -0.2) is 0 Å². The largest absolute Gasteiger partial charge is 0.452 e. The maximum absolute atomic E-state index is 11.9. The molecule has 4 nitrogen and oxygen atoms in total. The van der Waals surface area contributed by atoms with Crippen LogP contribution in [0.3, 0.4) is 0 Å². The van der Waals surface area contributed by atoms with Gasteiger partial charge >= 0.3 is 0 Å². The molecule has 0 aromatic carbocycles. The molecular formula is C13H19ClN2O2. The number of nitrogens with one attached hydrogen (secondary N) is 2. The highest BCUT2D eigenvalue weighted by Gasteiger charge is 2.32. The van der Waals surface area contributed by atoms with Crippen LogP contribution in [-0.4, -0.2) is 25.0 Å². The monoisotopic (exact) mass is 270 g/mol. The zero-order chi connectivity index (χ0) is 13.2. The number of rotatable bonds is 3. The van der Waals surface area contributed by atoms with Gasteiger partial charge in [0, 0.05) is 12.6 Å². The summed E-state index contributed by atoms with van der Waals surface area (Å²) in [4.78, 5) is 11.9. The summed E-state index contributed by atoms with van der Waals surface area (Å²) in [7, 11) is 0. The molecule has 100 valence electrons. The van der Waals surface area contributed by atoms with E-state index in [9.17, 15) is 4.79 Å². The number of amides is 1. The summed E-state index contributed by atoms with van der Waals surface area (Å²) in [5.74, 6) is -0.183. The van der Waals surface area contributed by atoms with Gasteiger partial charge in [-0.3, -0.25) is 4.79 Å². The van der Waals surface area contributed by atoms with Crippen molar-refractivity contribution in [2.24, 2.45) is 5.41 Å². The van der Waals surface area contributed by atoms with Crippen LogP contribution in [0.25, 0.3) is 0 Å². The van der Waals surface area contributed by atoms with E-state index in [0.717, 1.165) is 6.54 Å². The first-order chi connectivity index (χ1) is 8.50. The second kappa shape index (κ2) is 5.33. The van der Waals surface area contributed by atoms with Crippen molar-refractivity contribution in [1.82, 2.24) is 10.6 Å².